The number of carbonyl (C=O) groups is 4. The van der Waals surface area contributed by atoms with Crippen LogP contribution >= 0.6 is 0 Å². The van der Waals surface area contributed by atoms with Gasteiger partial charge in [0.05, 0.1) is 25.6 Å². The highest BCUT2D eigenvalue weighted by Gasteiger charge is 2.38. The number of methoxy groups -OCH3 is 1. The molecule has 1 aliphatic rings. The smallest absolute Gasteiger partial charge is 0.411 e. The van der Waals surface area contributed by atoms with Crippen molar-refractivity contribution in [3.05, 3.63) is 71.3 Å². The normalized spacial score (nSPS) is 16.5. The first-order chi connectivity index (χ1) is 18.9. The highest BCUT2D eigenvalue weighted by atomic mass is 16.6. The van der Waals surface area contributed by atoms with E-state index in [1.54, 1.807) is 20.8 Å². The van der Waals surface area contributed by atoms with Crippen molar-refractivity contribution in [1.29, 1.82) is 0 Å². The second-order valence-corrected chi connectivity index (χ2v) is 11.9. The highest BCUT2D eigenvalue weighted by molar-refractivity contribution is 5.94. The summed E-state index contributed by atoms with van der Waals surface area (Å²) in [5.41, 5.74) is 2.05. The predicted octanol–water partition coefficient (Wildman–Crippen LogP) is 4.87. The van der Waals surface area contributed by atoms with Crippen LogP contribution in [-0.2, 0) is 43.2 Å². The van der Waals surface area contributed by atoms with Crippen LogP contribution in [0.3, 0.4) is 0 Å². The molecule has 1 N–H and O–H groups in total. The molecule has 1 aliphatic heterocycles. The van der Waals surface area contributed by atoms with E-state index in [9.17, 15) is 19.2 Å². The Labute approximate surface area is 237 Å². The van der Waals surface area contributed by atoms with E-state index in [4.69, 9.17) is 9.47 Å². The van der Waals surface area contributed by atoms with Crippen LogP contribution in [0.5, 0.6) is 0 Å². The number of esters is 1. The number of hydrogen-bond acceptors (Lipinski definition) is 6. The number of ether oxygens (including phenoxy) is 2. The molecular weight excluding hydrogens is 508 g/mol. The third-order valence-corrected chi connectivity index (χ3v) is 6.91. The van der Waals surface area contributed by atoms with Crippen LogP contribution in [0, 0.1) is 11.8 Å². The Balaban J connectivity index is 1.89. The molecule has 0 fully saturated rings. The van der Waals surface area contributed by atoms with Gasteiger partial charge in [-0.25, -0.2) is 4.79 Å². The number of Topliss-reactive ketones (excluding diaryl/α,β-unsaturated/α-hetero) is 1. The number of hydrogen-bond donors (Lipinski definition) is 1. The van der Waals surface area contributed by atoms with Gasteiger partial charge in [-0.05, 0) is 56.2 Å². The molecule has 2 amide bonds. The molecule has 0 spiro atoms. The number of nitrogens with one attached hydrogen (secondary N) is 1. The van der Waals surface area contributed by atoms with E-state index in [1.807, 2.05) is 68.4 Å². The van der Waals surface area contributed by atoms with Crippen molar-refractivity contribution in [1.82, 2.24) is 10.2 Å². The van der Waals surface area contributed by atoms with Gasteiger partial charge in [0, 0.05) is 12.8 Å². The Hall–Kier alpha value is -3.68. The first-order valence-electron chi connectivity index (χ1n) is 13.9. The number of benzene rings is 2. The number of carbonyl (C=O) groups excluding carboxylic acids is 4. The van der Waals surface area contributed by atoms with Crippen LogP contribution in [0.4, 0.5) is 4.79 Å². The van der Waals surface area contributed by atoms with Crippen LogP contribution in [0.1, 0.15) is 64.2 Å². The minimum atomic E-state index is -0.883. The highest BCUT2D eigenvalue weighted by Crippen LogP contribution is 2.26. The topological polar surface area (TPSA) is 102 Å². The molecular formula is C32H42N2O6. The number of nitrogens with zero attached hydrogens (tertiary/aromatic N) is 1. The van der Waals surface area contributed by atoms with Crippen molar-refractivity contribution in [3.63, 3.8) is 0 Å². The van der Waals surface area contributed by atoms with Crippen LogP contribution in [0.2, 0.25) is 0 Å². The molecule has 1 heterocycles. The molecule has 216 valence electrons. The van der Waals surface area contributed by atoms with Gasteiger partial charge in [0.1, 0.15) is 11.6 Å². The molecule has 2 aromatic rings. The van der Waals surface area contributed by atoms with Gasteiger partial charge in [-0.15, -0.1) is 0 Å². The molecule has 0 aromatic heterocycles. The van der Waals surface area contributed by atoms with E-state index in [1.165, 1.54) is 12.0 Å². The van der Waals surface area contributed by atoms with Gasteiger partial charge in [0.2, 0.25) is 5.91 Å². The molecule has 8 heteroatoms. The zero-order chi connectivity index (χ0) is 29.4. The van der Waals surface area contributed by atoms with Crippen molar-refractivity contribution in [2.45, 2.75) is 84.5 Å². The summed E-state index contributed by atoms with van der Waals surface area (Å²) in [5, 5.41) is 2.94. The maximum absolute atomic E-state index is 13.8. The minimum absolute atomic E-state index is 0.0497. The summed E-state index contributed by atoms with van der Waals surface area (Å²) < 4.78 is 10.6. The first kappa shape index (κ1) is 30.9. The number of rotatable bonds is 10. The van der Waals surface area contributed by atoms with E-state index in [0.29, 0.717) is 12.8 Å². The molecule has 40 heavy (non-hydrogen) atoms. The van der Waals surface area contributed by atoms with Crippen molar-refractivity contribution >= 4 is 23.8 Å². The fourth-order valence-electron chi connectivity index (χ4n) is 5.02. The van der Waals surface area contributed by atoms with Crippen molar-refractivity contribution in [2.75, 3.05) is 7.11 Å². The molecule has 0 unspecified atom stereocenters. The van der Waals surface area contributed by atoms with Gasteiger partial charge < -0.3 is 14.8 Å². The van der Waals surface area contributed by atoms with E-state index in [0.717, 1.165) is 16.7 Å². The van der Waals surface area contributed by atoms with Crippen LogP contribution < -0.4 is 5.32 Å². The number of ketones is 1. The Bertz CT molecular complexity index is 1190. The molecule has 0 saturated carbocycles. The molecule has 0 bridgehead atoms. The zero-order valence-corrected chi connectivity index (χ0v) is 24.4. The SMILES string of the molecule is COC(=O)[C@H](CC(=O)[C@@H](Cc1ccccc1)NC(=O)[C@H]1Cc2ccccc2CN1C(=O)OC(C)(C)C)CC(C)C. The van der Waals surface area contributed by atoms with Crippen molar-refractivity contribution in [3.8, 4) is 0 Å². The summed E-state index contributed by atoms with van der Waals surface area (Å²) in [5.74, 6) is -1.55. The summed E-state index contributed by atoms with van der Waals surface area (Å²) in [6.07, 6.45) is 0.417. The van der Waals surface area contributed by atoms with E-state index in [-0.39, 0.29) is 31.1 Å². The number of amides is 2. The van der Waals surface area contributed by atoms with Gasteiger partial charge in [-0.3, -0.25) is 19.3 Å². The lowest BCUT2D eigenvalue weighted by molar-refractivity contribution is -0.148. The standard InChI is InChI=1S/C32H42N2O6/c1-21(2)16-25(30(37)39-6)19-28(35)26(17-22-12-8-7-9-13-22)33-29(36)27-18-23-14-10-11-15-24(23)20-34(27)31(38)40-32(3,4)5/h7-15,21,25-27H,16-20H2,1-6H3,(H,33,36)/t25-,26+,27+/m0/s1. The van der Waals surface area contributed by atoms with Gasteiger partial charge >= 0.3 is 12.1 Å². The first-order valence-corrected chi connectivity index (χ1v) is 13.9. The second-order valence-electron chi connectivity index (χ2n) is 11.9. The van der Waals surface area contributed by atoms with Gasteiger partial charge in [-0.2, -0.15) is 0 Å². The largest absolute Gasteiger partial charge is 0.469 e. The van der Waals surface area contributed by atoms with Gasteiger partial charge in [0.15, 0.2) is 5.78 Å². The lowest BCUT2D eigenvalue weighted by atomic mass is 9.88. The Morgan fingerprint density at radius 1 is 0.975 bits per heavy atom. The Morgan fingerprint density at radius 2 is 1.60 bits per heavy atom. The predicted molar refractivity (Wildman–Crippen MR) is 152 cm³/mol. The third kappa shape index (κ3) is 8.66. The summed E-state index contributed by atoms with van der Waals surface area (Å²) in [4.78, 5) is 54.6. The van der Waals surface area contributed by atoms with Crippen molar-refractivity contribution in [2.24, 2.45) is 11.8 Å². The van der Waals surface area contributed by atoms with Crippen LogP contribution in [0.15, 0.2) is 54.6 Å². The lowest BCUT2D eigenvalue weighted by Gasteiger charge is -2.37. The summed E-state index contributed by atoms with van der Waals surface area (Å²) in [6, 6.07) is 15.3. The van der Waals surface area contributed by atoms with Crippen LogP contribution in [-0.4, -0.2) is 53.4 Å². The fraction of sp³-hybridized carbons (Fsp3) is 0.500. The maximum Gasteiger partial charge on any atom is 0.411 e. The van der Waals surface area contributed by atoms with Crippen molar-refractivity contribution < 1.29 is 28.7 Å². The third-order valence-electron chi connectivity index (χ3n) is 6.91. The summed E-state index contributed by atoms with van der Waals surface area (Å²) >= 11 is 0. The second kappa shape index (κ2) is 13.6. The lowest BCUT2D eigenvalue weighted by Crippen LogP contribution is -2.56. The Kier molecular flexibility index (Phi) is 10.5. The monoisotopic (exact) mass is 550 g/mol. The molecule has 3 rings (SSSR count). The Morgan fingerprint density at radius 3 is 2.20 bits per heavy atom. The maximum atomic E-state index is 13.8. The quantitative estimate of drug-likeness (QED) is 0.424. The van der Waals surface area contributed by atoms with E-state index < -0.39 is 41.6 Å². The van der Waals surface area contributed by atoms with E-state index in [2.05, 4.69) is 5.32 Å². The molecule has 3 atom stereocenters. The summed E-state index contributed by atoms with van der Waals surface area (Å²) in [7, 11) is 1.32. The van der Waals surface area contributed by atoms with E-state index >= 15 is 0 Å². The molecule has 0 radical (unpaired) electrons. The van der Waals surface area contributed by atoms with Gasteiger partial charge in [0.25, 0.3) is 0 Å². The van der Waals surface area contributed by atoms with Crippen LogP contribution in [0.25, 0.3) is 0 Å². The molecule has 0 saturated heterocycles. The average Bonchev–Trinajstić information content (AvgIpc) is 2.90. The molecule has 2 aromatic carbocycles. The fourth-order valence-corrected chi connectivity index (χ4v) is 5.02. The zero-order valence-electron chi connectivity index (χ0n) is 24.4. The average molecular weight is 551 g/mol. The molecule has 8 nitrogen and oxygen atoms in total. The van der Waals surface area contributed by atoms with Gasteiger partial charge in [-0.1, -0.05) is 68.4 Å². The summed E-state index contributed by atoms with van der Waals surface area (Å²) in [6.45, 7) is 9.52. The minimum Gasteiger partial charge on any atom is -0.469 e. The molecule has 0 aliphatic carbocycles. The number of fused-ring (bicyclic) bond motifs is 1.